The van der Waals surface area contributed by atoms with Crippen LogP contribution in [0.1, 0.15) is 32.1 Å². The number of carbonyl (C=O) groups is 2. The number of ether oxygens (including phenoxy) is 1. The molecule has 0 aliphatic carbocycles. The van der Waals surface area contributed by atoms with Crippen LogP contribution >= 0.6 is 11.8 Å². The van der Waals surface area contributed by atoms with Crippen molar-refractivity contribution in [2.75, 3.05) is 12.9 Å². The van der Waals surface area contributed by atoms with Crippen LogP contribution in [0.4, 0.5) is 0 Å². The van der Waals surface area contributed by atoms with Crippen LogP contribution in [0.5, 0.6) is 0 Å². The lowest BCUT2D eigenvalue weighted by Gasteiger charge is -2.11. The van der Waals surface area contributed by atoms with E-state index in [1.54, 1.807) is 37.3 Å². The average Bonchev–Trinajstić information content (AvgIpc) is 3.05. The van der Waals surface area contributed by atoms with Crippen LogP contribution in [0.3, 0.4) is 0 Å². The van der Waals surface area contributed by atoms with Gasteiger partial charge in [-0.25, -0.2) is 18.4 Å². The van der Waals surface area contributed by atoms with Crippen molar-refractivity contribution in [3.63, 3.8) is 0 Å². The lowest BCUT2D eigenvalue weighted by Crippen LogP contribution is -2.15. The molecule has 9 heteroatoms. The van der Waals surface area contributed by atoms with Gasteiger partial charge in [0.15, 0.2) is 6.61 Å². The number of esters is 1. The summed E-state index contributed by atoms with van der Waals surface area (Å²) in [6, 6.07) is 14.8. The van der Waals surface area contributed by atoms with E-state index in [4.69, 9.17) is 9.88 Å². The number of primary sulfonamides is 1. The number of benzene rings is 2. The maximum atomic E-state index is 12.7. The number of aryl methyl sites for hydroxylation is 1. The van der Waals surface area contributed by atoms with Gasteiger partial charge in [0, 0.05) is 27.5 Å². The third kappa shape index (κ3) is 4.90. The van der Waals surface area contributed by atoms with Crippen LogP contribution < -0.4 is 5.14 Å². The topological polar surface area (TPSA) is 108 Å². The molecule has 0 unspecified atom stereocenters. The van der Waals surface area contributed by atoms with Crippen LogP contribution in [0.2, 0.25) is 0 Å². The Morgan fingerprint density at radius 3 is 2.29 bits per heavy atom. The summed E-state index contributed by atoms with van der Waals surface area (Å²) in [6.07, 6.45) is 1.86. The van der Waals surface area contributed by atoms with Gasteiger partial charge in [0.1, 0.15) is 0 Å². The summed E-state index contributed by atoms with van der Waals surface area (Å²) in [5, 5.41) is 5.15. The first kappa shape index (κ1) is 22.8. The largest absolute Gasteiger partial charge is 0.454 e. The Balaban J connectivity index is 1.80. The zero-order valence-electron chi connectivity index (χ0n) is 17.3. The van der Waals surface area contributed by atoms with E-state index in [-0.39, 0.29) is 17.3 Å². The molecule has 0 radical (unpaired) electrons. The van der Waals surface area contributed by atoms with Crippen LogP contribution in [0.15, 0.2) is 64.4 Å². The number of rotatable bonds is 7. The molecule has 0 aliphatic rings. The van der Waals surface area contributed by atoms with Gasteiger partial charge in [-0.15, -0.1) is 11.8 Å². The van der Waals surface area contributed by atoms with Crippen LogP contribution in [-0.4, -0.2) is 37.6 Å². The second-order valence-electron chi connectivity index (χ2n) is 6.86. The molecule has 3 aromatic rings. The summed E-state index contributed by atoms with van der Waals surface area (Å²) < 4.78 is 30.0. The van der Waals surface area contributed by atoms with Crippen molar-refractivity contribution in [1.82, 2.24) is 4.57 Å². The molecule has 0 spiro atoms. The second-order valence-corrected chi connectivity index (χ2v) is 9.27. The summed E-state index contributed by atoms with van der Waals surface area (Å²) in [5.74, 6) is -0.874. The molecule has 0 amide bonds. The van der Waals surface area contributed by atoms with Gasteiger partial charge in [-0.1, -0.05) is 12.1 Å². The molecule has 162 valence electrons. The number of thioether (sulfide) groups is 1. The Morgan fingerprint density at radius 1 is 1.03 bits per heavy atom. The molecular formula is C22H22N2O5S2. The third-order valence-corrected chi connectivity index (χ3v) is 6.54. The van der Waals surface area contributed by atoms with Crippen molar-refractivity contribution < 1.29 is 22.7 Å². The normalized spacial score (nSPS) is 11.4. The van der Waals surface area contributed by atoms with Gasteiger partial charge in [0.25, 0.3) is 0 Å². The molecule has 0 fully saturated rings. The van der Waals surface area contributed by atoms with Crippen molar-refractivity contribution >= 4 is 33.5 Å². The number of nitrogens with zero attached hydrogens (tertiary/aromatic N) is 1. The molecule has 0 bridgehead atoms. The van der Waals surface area contributed by atoms with Crippen LogP contribution in [-0.2, 0) is 14.8 Å². The number of ketones is 1. The Hall–Kier alpha value is -2.88. The lowest BCUT2D eigenvalue weighted by atomic mass is 10.1. The van der Waals surface area contributed by atoms with E-state index in [2.05, 4.69) is 0 Å². The number of hydrogen-bond acceptors (Lipinski definition) is 6. The first-order valence-corrected chi connectivity index (χ1v) is 12.1. The number of aromatic nitrogens is 1. The third-order valence-electron chi connectivity index (χ3n) is 4.82. The Bertz CT molecular complexity index is 1250. The second kappa shape index (κ2) is 9.09. The average molecular weight is 459 g/mol. The molecular weight excluding hydrogens is 436 g/mol. The minimum atomic E-state index is -3.79. The fourth-order valence-corrected chi connectivity index (χ4v) is 4.43. The van der Waals surface area contributed by atoms with E-state index in [1.807, 2.05) is 29.9 Å². The maximum absolute atomic E-state index is 12.7. The Morgan fingerprint density at radius 2 is 1.68 bits per heavy atom. The minimum absolute atomic E-state index is 0.00690. The van der Waals surface area contributed by atoms with Crippen molar-refractivity contribution in [1.29, 1.82) is 0 Å². The standard InChI is InChI=1S/C22H22N2O5S2/c1-14-12-19(15(2)24(14)16-8-10-17(11-9-16)31(23,27)28)20(25)13-29-22(26)18-6-4-5-7-21(18)30-3/h4-12H,13H2,1-3H3,(H2,23,27,28). The van der Waals surface area contributed by atoms with Crippen molar-refractivity contribution in [2.45, 2.75) is 23.6 Å². The van der Waals surface area contributed by atoms with Gasteiger partial charge < -0.3 is 9.30 Å². The zero-order valence-corrected chi connectivity index (χ0v) is 18.9. The van der Waals surface area contributed by atoms with Gasteiger partial charge in [-0.2, -0.15) is 0 Å². The van der Waals surface area contributed by atoms with Crippen molar-refractivity contribution in [3.8, 4) is 5.69 Å². The van der Waals surface area contributed by atoms with Gasteiger partial charge in [0.2, 0.25) is 15.8 Å². The molecule has 0 saturated heterocycles. The highest BCUT2D eigenvalue weighted by Gasteiger charge is 2.20. The van der Waals surface area contributed by atoms with Gasteiger partial charge in [-0.3, -0.25) is 4.79 Å². The summed E-state index contributed by atoms with van der Waals surface area (Å²) in [7, 11) is -3.79. The molecule has 1 heterocycles. The zero-order chi connectivity index (χ0) is 22.8. The molecule has 2 N–H and O–H groups in total. The SMILES string of the molecule is CSc1ccccc1C(=O)OCC(=O)c1cc(C)n(-c2ccc(S(N)(=O)=O)cc2)c1C. The fraction of sp³-hybridized carbons (Fsp3) is 0.182. The van der Waals surface area contributed by atoms with Gasteiger partial charge >= 0.3 is 5.97 Å². The first-order chi connectivity index (χ1) is 14.6. The van der Waals surface area contributed by atoms with Crippen LogP contribution in [0, 0.1) is 13.8 Å². The van der Waals surface area contributed by atoms with Gasteiger partial charge in [-0.05, 0) is 62.6 Å². The van der Waals surface area contributed by atoms with Crippen LogP contribution in [0.25, 0.3) is 5.69 Å². The molecule has 2 aromatic carbocycles. The lowest BCUT2D eigenvalue weighted by molar-refractivity contribution is 0.0471. The molecule has 31 heavy (non-hydrogen) atoms. The summed E-state index contributed by atoms with van der Waals surface area (Å²) >= 11 is 1.43. The van der Waals surface area contributed by atoms with E-state index in [0.29, 0.717) is 22.5 Å². The fourth-order valence-electron chi connectivity index (χ4n) is 3.33. The van der Waals surface area contributed by atoms with Crippen molar-refractivity contribution in [3.05, 3.63) is 77.1 Å². The van der Waals surface area contributed by atoms with E-state index >= 15 is 0 Å². The molecule has 1 aromatic heterocycles. The summed E-state index contributed by atoms with van der Waals surface area (Å²) in [5.41, 5.74) is 2.98. The highest BCUT2D eigenvalue weighted by Crippen LogP contribution is 2.23. The van der Waals surface area contributed by atoms with Crippen molar-refractivity contribution in [2.24, 2.45) is 5.14 Å². The monoisotopic (exact) mass is 458 g/mol. The molecule has 3 rings (SSSR count). The molecule has 0 aliphatic heterocycles. The van der Waals surface area contributed by atoms with E-state index in [0.717, 1.165) is 10.6 Å². The summed E-state index contributed by atoms with van der Waals surface area (Å²) in [6.45, 7) is 3.23. The first-order valence-electron chi connectivity index (χ1n) is 9.29. The smallest absolute Gasteiger partial charge is 0.339 e. The summed E-state index contributed by atoms with van der Waals surface area (Å²) in [4.78, 5) is 25.9. The number of carbonyl (C=O) groups excluding carboxylic acids is 2. The predicted molar refractivity (Wildman–Crippen MR) is 119 cm³/mol. The maximum Gasteiger partial charge on any atom is 0.339 e. The number of sulfonamides is 1. The molecule has 0 atom stereocenters. The number of hydrogen-bond donors (Lipinski definition) is 1. The highest BCUT2D eigenvalue weighted by atomic mass is 32.2. The van der Waals surface area contributed by atoms with E-state index < -0.39 is 16.0 Å². The predicted octanol–water partition coefficient (Wildman–Crippen LogP) is 3.50. The van der Waals surface area contributed by atoms with Gasteiger partial charge in [0.05, 0.1) is 10.5 Å². The quantitative estimate of drug-likeness (QED) is 0.330. The molecule has 0 saturated carbocycles. The van der Waals surface area contributed by atoms with E-state index in [9.17, 15) is 18.0 Å². The highest BCUT2D eigenvalue weighted by molar-refractivity contribution is 7.98. The minimum Gasteiger partial charge on any atom is -0.454 e. The Kier molecular flexibility index (Phi) is 6.68. The number of Topliss-reactive ketones (excluding diaryl/α,β-unsaturated/α-hetero) is 1. The van der Waals surface area contributed by atoms with E-state index in [1.165, 1.54) is 23.9 Å². The number of nitrogens with two attached hydrogens (primary N) is 1. The Labute approximate surface area is 185 Å². The molecule has 7 nitrogen and oxygen atoms in total.